The number of rotatable bonds is 0. The molecule has 0 heterocycles. The molecule has 0 fully saturated rings. The Labute approximate surface area is 64.1 Å². The Morgan fingerprint density at radius 2 is 2.11 bits per heavy atom. The van der Waals surface area contributed by atoms with E-state index in [1.54, 1.807) is 0 Å². The largest absolute Gasteiger partial charge is 0.133 e. The van der Waals surface area contributed by atoms with Gasteiger partial charge in [0.25, 0.3) is 0 Å². The predicted molar refractivity (Wildman–Crippen MR) is 43.2 cm³/mol. The van der Waals surface area contributed by atoms with Gasteiger partial charge in [0.15, 0.2) is 0 Å². The molecule has 0 saturated heterocycles. The zero-order chi connectivity index (χ0) is 6.85. The second-order valence-corrected chi connectivity index (χ2v) is 2.93. The summed E-state index contributed by atoms with van der Waals surface area (Å²) in [6.45, 7) is 4.13. The Hall–Kier alpha value is -0.390. The van der Waals surface area contributed by atoms with Gasteiger partial charge in [-0.2, -0.15) is 0 Å². The van der Waals surface area contributed by atoms with Gasteiger partial charge in [0.1, 0.15) is 16.6 Å². The summed E-state index contributed by atoms with van der Waals surface area (Å²) in [6, 6.07) is 0. The first kappa shape index (κ1) is 6.73. The molecule has 0 aliphatic heterocycles. The highest BCUT2D eigenvalue weighted by Gasteiger charge is 2.10. The van der Waals surface area contributed by atoms with Gasteiger partial charge in [-0.05, 0) is 15.9 Å². The number of halogens is 1. The van der Waals surface area contributed by atoms with Gasteiger partial charge in [-0.1, -0.05) is 0 Å². The molecule has 1 aliphatic carbocycles. The molecule has 0 nitrogen and oxygen atoms in total. The summed E-state index contributed by atoms with van der Waals surface area (Å²) in [4.78, 5) is 0. The second kappa shape index (κ2) is 2.47. The highest BCUT2D eigenvalue weighted by molar-refractivity contribution is 9.12. The van der Waals surface area contributed by atoms with E-state index in [-0.39, 0.29) is 0 Å². The minimum Gasteiger partial charge on any atom is -0.0179 e. The second-order valence-electron chi connectivity index (χ2n) is 2.14. The molecule has 0 aromatic carbocycles. The quantitative estimate of drug-likeness (QED) is 0.507. The fourth-order valence-electron chi connectivity index (χ4n) is 0.729. The normalized spacial score (nSPS) is 17.4. The van der Waals surface area contributed by atoms with Crippen LogP contribution in [0.25, 0.3) is 0 Å². The maximum Gasteiger partial charge on any atom is 0.133 e. The lowest BCUT2D eigenvalue weighted by atomic mass is 10.1. The molecule has 46 valence electrons. The molecule has 1 heteroatoms. The lowest BCUT2D eigenvalue weighted by molar-refractivity contribution is 1.37. The third kappa shape index (κ3) is 1.29. The molecule has 0 amide bonds. The van der Waals surface area contributed by atoms with Crippen molar-refractivity contribution in [1.29, 1.82) is 0 Å². The summed E-state index contributed by atoms with van der Waals surface area (Å²) in [6.07, 6.45) is 6.98. The average molecular weight is 184 g/mol. The van der Waals surface area contributed by atoms with Gasteiger partial charge in [0.2, 0.25) is 0 Å². The van der Waals surface area contributed by atoms with Crippen molar-refractivity contribution in [3.63, 3.8) is 0 Å². The monoisotopic (exact) mass is 183 g/mol. The molecular formula is C8H8Br+. The third-order valence-electron chi connectivity index (χ3n) is 1.29. The Morgan fingerprint density at radius 1 is 1.44 bits per heavy atom. The summed E-state index contributed by atoms with van der Waals surface area (Å²) in [5.41, 5.74) is 2.49. The van der Waals surface area contributed by atoms with Gasteiger partial charge >= 0.3 is 0 Å². The summed E-state index contributed by atoms with van der Waals surface area (Å²) in [7, 11) is 0. The SMILES string of the molecule is CC1=C[C+]=CC(C)=C1Br. The maximum absolute atomic E-state index is 3.46. The molecule has 0 saturated carbocycles. The van der Waals surface area contributed by atoms with E-state index in [1.807, 2.05) is 12.2 Å². The summed E-state index contributed by atoms with van der Waals surface area (Å²) in [5.74, 6) is 0. The van der Waals surface area contributed by atoms with Gasteiger partial charge < -0.3 is 0 Å². The Morgan fingerprint density at radius 3 is 2.56 bits per heavy atom. The van der Waals surface area contributed by atoms with Gasteiger partial charge in [0, 0.05) is 19.9 Å². The van der Waals surface area contributed by atoms with E-state index in [9.17, 15) is 0 Å². The third-order valence-corrected chi connectivity index (χ3v) is 2.54. The van der Waals surface area contributed by atoms with E-state index in [0.29, 0.717) is 0 Å². The van der Waals surface area contributed by atoms with Crippen LogP contribution in [0.5, 0.6) is 0 Å². The van der Waals surface area contributed by atoms with Gasteiger partial charge in [-0.25, -0.2) is 0 Å². The number of hydrogen-bond acceptors (Lipinski definition) is 0. The molecule has 0 bridgehead atoms. The van der Waals surface area contributed by atoms with Crippen LogP contribution >= 0.6 is 15.9 Å². The van der Waals surface area contributed by atoms with Gasteiger partial charge in [0.05, 0.1) is 11.1 Å². The minimum absolute atomic E-state index is 1.20. The standard InChI is InChI=1S/C8H8Br/c1-6-4-3-5-7(2)8(6)9/h4-5H,1-2H3/q+1. The van der Waals surface area contributed by atoms with Crippen molar-refractivity contribution in [2.24, 2.45) is 0 Å². The van der Waals surface area contributed by atoms with Crippen LogP contribution < -0.4 is 0 Å². The van der Waals surface area contributed by atoms with E-state index in [4.69, 9.17) is 0 Å². The summed E-state index contributed by atoms with van der Waals surface area (Å²) < 4.78 is 1.20. The molecule has 0 aromatic heterocycles. The number of hydrogen-bond donors (Lipinski definition) is 0. The van der Waals surface area contributed by atoms with Crippen molar-refractivity contribution in [2.45, 2.75) is 13.8 Å². The van der Waals surface area contributed by atoms with Crippen LogP contribution in [0.4, 0.5) is 0 Å². The lowest BCUT2D eigenvalue weighted by Gasteiger charge is -1.94. The molecule has 0 radical (unpaired) electrons. The Kier molecular flexibility index (Phi) is 1.84. The van der Waals surface area contributed by atoms with E-state index in [0.717, 1.165) is 0 Å². The van der Waals surface area contributed by atoms with Crippen LogP contribution in [0.3, 0.4) is 0 Å². The molecule has 0 aromatic rings. The van der Waals surface area contributed by atoms with Gasteiger partial charge in [-0.15, -0.1) is 0 Å². The molecule has 0 N–H and O–H groups in total. The topological polar surface area (TPSA) is 0 Å². The van der Waals surface area contributed by atoms with Crippen LogP contribution in [0.2, 0.25) is 0 Å². The predicted octanol–water partition coefficient (Wildman–Crippen LogP) is 2.97. The van der Waals surface area contributed by atoms with Crippen LogP contribution in [-0.4, -0.2) is 0 Å². The van der Waals surface area contributed by atoms with E-state index in [2.05, 4.69) is 35.9 Å². The summed E-state index contributed by atoms with van der Waals surface area (Å²) in [5, 5.41) is 0. The van der Waals surface area contributed by atoms with Crippen molar-refractivity contribution in [1.82, 2.24) is 0 Å². The zero-order valence-electron chi connectivity index (χ0n) is 5.53. The molecule has 0 spiro atoms. The molecule has 0 atom stereocenters. The first-order chi connectivity index (χ1) is 4.22. The molecular weight excluding hydrogens is 176 g/mol. The number of allylic oxidation sites excluding steroid dienone is 6. The highest BCUT2D eigenvalue weighted by atomic mass is 79.9. The van der Waals surface area contributed by atoms with Crippen LogP contribution in [0.15, 0.2) is 27.8 Å². The van der Waals surface area contributed by atoms with Crippen LogP contribution in [0, 0.1) is 6.08 Å². The first-order valence-corrected chi connectivity index (χ1v) is 3.64. The summed E-state index contributed by atoms with van der Waals surface area (Å²) >= 11 is 3.46. The van der Waals surface area contributed by atoms with Crippen molar-refractivity contribution in [2.75, 3.05) is 0 Å². The van der Waals surface area contributed by atoms with E-state index >= 15 is 0 Å². The van der Waals surface area contributed by atoms with Crippen molar-refractivity contribution < 1.29 is 0 Å². The van der Waals surface area contributed by atoms with Crippen LogP contribution in [-0.2, 0) is 0 Å². The van der Waals surface area contributed by atoms with E-state index < -0.39 is 0 Å². The Balaban J connectivity index is 3.06. The first-order valence-electron chi connectivity index (χ1n) is 2.84. The molecule has 1 aliphatic rings. The molecule has 1 rings (SSSR count). The molecule has 9 heavy (non-hydrogen) atoms. The maximum atomic E-state index is 3.46. The van der Waals surface area contributed by atoms with Crippen LogP contribution in [0.1, 0.15) is 13.8 Å². The van der Waals surface area contributed by atoms with Crippen molar-refractivity contribution in [3.8, 4) is 0 Å². The fraction of sp³-hybridized carbons (Fsp3) is 0.250. The fourth-order valence-corrected chi connectivity index (χ4v) is 0.958. The van der Waals surface area contributed by atoms with E-state index in [1.165, 1.54) is 15.6 Å². The van der Waals surface area contributed by atoms with Crippen molar-refractivity contribution in [3.05, 3.63) is 33.9 Å². The van der Waals surface area contributed by atoms with Gasteiger partial charge in [-0.3, -0.25) is 0 Å². The lowest BCUT2D eigenvalue weighted by Crippen LogP contribution is -1.84. The van der Waals surface area contributed by atoms with Crippen molar-refractivity contribution >= 4 is 15.9 Å². The minimum atomic E-state index is 1.20. The Bertz CT molecular complexity index is 207. The zero-order valence-corrected chi connectivity index (χ0v) is 7.12. The molecule has 0 unspecified atom stereocenters. The average Bonchev–Trinajstić information content (AvgIpc) is 1.83. The highest BCUT2D eigenvalue weighted by Crippen LogP contribution is 2.24. The smallest absolute Gasteiger partial charge is 0.0179 e.